The zero-order valence-corrected chi connectivity index (χ0v) is 18.3. The van der Waals surface area contributed by atoms with Crippen molar-refractivity contribution in [1.29, 1.82) is 5.26 Å². The first kappa shape index (κ1) is 20.1. The van der Waals surface area contributed by atoms with Gasteiger partial charge in [0.1, 0.15) is 17.7 Å². The van der Waals surface area contributed by atoms with Crippen LogP contribution >= 0.6 is 0 Å². The van der Waals surface area contributed by atoms with Crippen LogP contribution in [0.2, 0.25) is 0 Å². The molecule has 4 aliphatic rings. The molecule has 4 aliphatic heterocycles. The molecule has 0 spiro atoms. The zero-order chi connectivity index (χ0) is 20.3. The molecule has 0 N–H and O–H groups in total. The average molecular weight is 409 g/mol. The molecular weight excluding hydrogens is 372 g/mol. The Balaban J connectivity index is 1.34. The van der Waals surface area contributed by atoms with Gasteiger partial charge in [0, 0.05) is 38.3 Å². The third-order valence-corrected chi connectivity index (χ3v) is 7.71. The Bertz CT molecular complexity index is 761. The Morgan fingerprint density at radius 3 is 1.90 bits per heavy atom. The van der Waals surface area contributed by atoms with Crippen LogP contribution in [-0.4, -0.2) is 79.2 Å². The standard InChI is InChI=1S/C24H36N6/c25-17-20-9-10-23(29-15-5-7-21(18-29)27-11-1-2-12-27)26-24(20)30-16-6-8-22(19-30)28-13-3-4-14-28/h9-10,21-22H,1-8,11-16,18-19H2. The summed E-state index contributed by atoms with van der Waals surface area (Å²) in [5.74, 6) is 1.98. The molecule has 0 radical (unpaired) electrons. The van der Waals surface area contributed by atoms with E-state index in [1.165, 1.54) is 77.5 Å². The lowest BCUT2D eigenvalue weighted by Gasteiger charge is -2.40. The summed E-state index contributed by atoms with van der Waals surface area (Å²) in [5, 5.41) is 9.77. The van der Waals surface area contributed by atoms with Crippen LogP contribution in [0.25, 0.3) is 0 Å². The molecule has 5 rings (SSSR count). The summed E-state index contributed by atoms with van der Waals surface area (Å²) in [6, 6.07) is 7.79. The second-order valence-electron chi connectivity index (χ2n) is 9.62. The third-order valence-electron chi connectivity index (χ3n) is 7.71. The van der Waals surface area contributed by atoms with Gasteiger partial charge in [0.15, 0.2) is 0 Å². The van der Waals surface area contributed by atoms with Crippen molar-refractivity contribution < 1.29 is 0 Å². The SMILES string of the molecule is N#Cc1ccc(N2CCCC(N3CCCC3)C2)nc1N1CCCC(N2CCCC2)C1. The van der Waals surface area contributed by atoms with E-state index in [0.717, 1.165) is 43.4 Å². The van der Waals surface area contributed by atoms with Crippen molar-refractivity contribution in [2.24, 2.45) is 0 Å². The quantitative estimate of drug-likeness (QED) is 0.763. The smallest absolute Gasteiger partial charge is 0.149 e. The first-order valence-electron chi connectivity index (χ1n) is 12.2. The molecule has 4 saturated heterocycles. The lowest BCUT2D eigenvalue weighted by Crippen LogP contribution is -2.48. The van der Waals surface area contributed by atoms with Crippen LogP contribution in [0.1, 0.15) is 56.9 Å². The monoisotopic (exact) mass is 408 g/mol. The maximum absolute atomic E-state index is 9.77. The van der Waals surface area contributed by atoms with Crippen molar-refractivity contribution in [3.05, 3.63) is 17.7 Å². The van der Waals surface area contributed by atoms with E-state index in [2.05, 4.69) is 31.7 Å². The number of piperidine rings is 2. The first-order chi connectivity index (χ1) is 14.8. The predicted molar refractivity (Wildman–Crippen MR) is 121 cm³/mol. The molecule has 0 saturated carbocycles. The highest BCUT2D eigenvalue weighted by atomic mass is 15.3. The van der Waals surface area contributed by atoms with E-state index >= 15 is 0 Å². The largest absolute Gasteiger partial charge is 0.355 e. The summed E-state index contributed by atoms with van der Waals surface area (Å²) >= 11 is 0. The van der Waals surface area contributed by atoms with E-state index in [0.29, 0.717) is 12.1 Å². The van der Waals surface area contributed by atoms with Gasteiger partial charge in [0.2, 0.25) is 0 Å². The van der Waals surface area contributed by atoms with Crippen LogP contribution in [0.4, 0.5) is 11.6 Å². The molecule has 2 atom stereocenters. The Morgan fingerprint density at radius 2 is 1.30 bits per heavy atom. The predicted octanol–water partition coefficient (Wildman–Crippen LogP) is 3.08. The lowest BCUT2D eigenvalue weighted by atomic mass is 10.0. The van der Waals surface area contributed by atoms with Gasteiger partial charge in [-0.3, -0.25) is 9.80 Å². The minimum absolute atomic E-state index is 0.618. The Labute approximate surface area is 181 Å². The first-order valence-corrected chi connectivity index (χ1v) is 12.2. The highest BCUT2D eigenvalue weighted by Gasteiger charge is 2.31. The summed E-state index contributed by atoms with van der Waals surface area (Å²) in [6.07, 6.45) is 10.4. The molecule has 0 bridgehead atoms. The maximum Gasteiger partial charge on any atom is 0.149 e. The second-order valence-corrected chi connectivity index (χ2v) is 9.62. The molecule has 6 heteroatoms. The maximum atomic E-state index is 9.77. The van der Waals surface area contributed by atoms with Crippen molar-refractivity contribution in [1.82, 2.24) is 14.8 Å². The van der Waals surface area contributed by atoms with E-state index in [1.54, 1.807) is 0 Å². The Morgan fingerprint density at radius 1 is 0.733 bits per heavy atom. The van der Waals surface area contributed by atoms with Gasteiger partial charge in [-0.2, -0.15) is 5.26 Å². The van der Waals surface area contributed by atoms with Crippen LogP contribution < -0.4 is 9.80 Å². The van der Waals surface area contributed by atoms with Gasteiger partial charge >= 0.3 is 0 Å². The van der Waals surface area contributed by atoms with Gasteiger partial charge in [-0.05, 0) is 89.7 Å². The molecule has 5 heterocycles. The lowest BCUT2D eigenvalue weighted by molar-refractivity contribution is 0.214. The van der Waals surface area contributed by atoms with Crippen LogP contribution in [0.15, 0.2) is 12.1 Å². The van der Waals surface area contributed by atoms with Crippen LogP contribution in [-0.2, 0) is 0 Å². The highest BCUT2D eigenvalue weighted by molar-refractivity contribution is 5.59. The summed E-state index contributed by atoms with van der Waals surface area (Å²) in [5.41, 5.74) is 0.730. The number of pyridine rings is 1. The molecular formula is C24H36N6. The third kappa shape index (κ3) is 4.15. The van der Waals surface area contributed by atoms with Crippen LogP contribution in [0.5, 0.6) is 0 Å². The normalized spacial score (nSPS) is 28.8. The van der Waals surface area contributed by atoms with Crippen molar-refractivity contribution in [3.63, 3.8) is 0 Å². The fourth-order valence-corrected chi connectivity index (χ4v) is 6.06. The van der Waals surface area contributed by atoms with Gasteiger partial charge in [-0.15, -0.1) is 0 Å². The molecule has 6 nitrogen and oxygen atoms in total. The molecule has 2 unspecified atom stereocenters. The molecule has 0 aliphatic carbocycles. The minimum atomic E-state index is 0.618. The molecule has 4 fully saturated rings. The van der Waals surface area contributed by atoms with Crippen molar-refractivity contribution in [2.75, 3.05) is 62.2 Å². The van der Waals surface area contributed by atoms with E-state index in [4.69, 9.17) is 4.98 Å². The molecule has 1 aromatic heterocycles. The van der Waals surface area contributed by atoms with Crippen molar-refractivity contribution in [3.8, 4) is 6.07 Å². The fourth-order valence-electron chi connectivity index (χ4n) is 6.06. The second kappa shape index (κ2) is 9.11. The number of anilines is 2. The van der Waals surface area contributed by atoms with Gasteiger partial charge in [0.25, 0.3) is 0 Å². The topological polar surface area (TPSA) is 49.6 Å². The molecule has 1 aromatic rings. The number of hydrogen-bond acceptors (Lipinski definition) is 6. The van der Waals surface area contributed by atoms with Crippen LogP contribution in [0, 0.1) is 11.3 Å². The summed E-state index contributed by atoms with van der Waals surface area (Å²) in [6.45, 7) is 9.19. The summed E-state index contributed by atoms with van der Waals surface area (Å²) in [7, 11) is 0. The van der Waals surface area contributed by atoms with Crippen molar-refractivity contribution >= 4 is 11.6 Å². The van der Waals surface area contributed by atoms with Crippen molar-refractivity contribution in [2.45, 2.75) is 63.5 Å². The number of aromatic nitrogens is 1. The highest BCUT2D eigenvalue weighted by Crippen LogP contribution is 2.30. The van der Waals surface area contributed by atoms with Gasteiger partial charge in [-0.25, -0.2) is 4.98 Å². The fraction of sp³-hybridized carbons (Fsp3) is 0.750. The number of nitriles is 1. The number of hydrogen-bond donors (Lipinski definition) is 0. The molecule has 30 heavy (non-hydrogen) atoms. The Hall–Kier alpha value is -1.84. The van der Waals surface area contributed by atoms with E-state index < -0.39 is 0 Å². The van der Waals surface area contributed by atoms with Crippen LogP contribution in [0.3, 0.4) is 0 Å². The summed E-state index contributed by atoms with van der Waals surface area (Å²) < 4.78 is 0. The average Bonchev–Trinajstić information content (AvgIpc) is 3.53. The number of nitrogens with zero attached hydrogens (tertiary/aromatic N) is 6. The van der Waals surface area contributed by atoms with Gasteiger partial charge in [-0.1, -0.05) is 0 Å². The minimum Gasteiger partial charge on any atom is -0.355 e. The number of likely N-dealkylation sites (tertiary alicyclic amines) is 2. The summed E-state index contributed by atoms with van der Waals surface area (Å²) in [4.78, 5) is 15.3. The molecule has 0 amide bonds. The molecule has 162 valence electrons. The Kier molecular flexibility index (Phi) is 6.10. The molecule has 0 aromatic carbocycles. The zero-order valence-electron chi connectivity index (χ0n) is 18.3. The number of rotatable bonds is 4. The van der Waals surface area contributed by atoms with Gasteiger partial charge < -0.3 is 9.80 Å². The van der Waals surface area contributed by atoms with Gasteiger partial charge in [0.05, 0.1) is 5.56 Å². The van der Waals surface area contributed by atoms with E-state index in [9.17, 15) is 5.26 Å². The van der Waals surface area contributed by atoms with E-state index in [-0.39, 0.29) is 0 Å². The van der Waals surface area contributed by atoms with E-state index in [1.807, 2.05) is 6.07 Å².